The molecule has 0 spiro atoms. The van der Waals surface area contributed by atoms with Gasteiger partial charge in [-0.2, -0.15) is 0 Å². The number of benzene rings is 3. The van der Waals surface area contributed by atoms with E-state index >= 15 is 0 Å². The minimum Gasteiger partial charge on any atom is -0.383 e. The summed E-state index contributed by atoms with van der Waals surface area (Å²) in [6.45, 7) is 2.24. The molecule has 0 saturated carbocycles. The van der Waals surface area contributed by atoms with Crippen LogP contribution in [0.2, 0.25) is 0 Å². The van der Waals surface area contributed by atoms with Crippen LogP contribution in [-0.2, 0) is 4.84 Å². The van der Waals surface area contributed by atoms with Crippen LogP contribution in [0.4, 0.5) is 30.2 Å². The molecule has 0 heterocycles. The van der Waals surface area contributed by atoms with Crippen molar-refractivity contribution in [2.24, 2.45) is 0 Å². The number of carbonyl (C=O) groups excluding carboxylic acids is 1. The van der Waals surface area contributed by atoms with Crippen molar-refractivity contribution in [3.8, 4) is 0 Å². The number of aryl methyl sites for hydroxylation is 1. The number of amides is 1. The standard InChI is InChI=1S/C22H19F3IN3O2/c1-13-11-14(26)7-8-18(13)28-21-16(12-17(23)19(24)20(21)25)22(30)29-31-10-9-27-15-5-3-2-4-6-15/h2-8,11-12,27-28H,9-10H2,1H3,(H,29,30). The van der Waals surface area contributed by atoms with E-state index in [1.165, 1.54) is 0 Å². The van der Waals surface area contributed by atoms with E-state index in [2.05, 4.69) is 38.7 Å². The van der Waals surface area contributed by atoms with Crippen LogP contribution in [0.1, 0.15) is 15.9 Å². The molecule has 162 valence electrons. The van der Waals surface area contributed by atoms with Gasteiger partial charge in [0.2, 0.25) is 0 Å². The molecule has 3 aromatic rings. The third kappa shape index (κ3) is 5.88. The summed E-state index contributed by atoms with van der Waals surface area (Å²) in [7, 11) is 0. The Morgan fingerprint density at radius 2 is 1.77 bits per heavy atom. The molecule has 0 aliphatic heterocycles. The Labute approximate surface area is 191 Å². The average molecular weight is 541 g/mol. The third-order valence-corrected chi connectivity index (χ3v) is 5.00. The molecule has 1 amide bonds. The Hall–Kier alpha value is -2.79. The summed E-state index contributed by atoms with van der Waals surface area (Å²) in [5.74, 6) is -5.55. The van der Waals surface area contributed by atoms with E-state index in [1.54, 1.807) is 19.1 Å². The van der Waals surface area contributed by atoms with Crippen LogP contribution < -0.4 is 16.1 Å². The molecule has 0 aliphatic rings. The van der Waals surface area contributed by atoms with Gasteiger partial charge >= 0.3 is 0 Å². The highest BCUT2D eigenvalue weighted by Crippen LogP contribution is 2.30. The van der Waals surface area contributed by atoms with E-state index in [0.29, 0.717) is 18.3 Å². The molecule has 3 aromatic carbocycles. The zero-order valence-electron chi connectivity index (χ0n) is 16.4. The van der Waals surface area contributed by atoms with E-state index in [4.69, 9.17) is 4.84 Å². The average Bonchev–Trinajstić information content (AvgIpc) is 2.75. The number of anilines is 3. The number of hydroxylamine groups is 1. The molecular formula is C22H19F3IN3O2. The third-order valence-electron chi connectivity index (χ3n) is 4.33. The fourth-order valence-corrected chi connectivity index (χ4v) is 3.42. The summed E-state index contributed by atoms with van der Waals surface area (Å²) in [5.41, 5.74) is 3.29. The van der Waals surface area contributed by atoms with Gasteiger partial charge in [0, 0.05) is 21.5 Å². The van der Waals surface area contributed by atoms with Gasteiger partial charge in [0.15, 0.2) is 17.5 Å². The minimum absolute atomic E-state index is 0.0891. The first-order valence-electron chi connectivity index (χ1n) is 9.28. The first-order chi connectivity index (χ1) is 14.9. The van der Waals surface area contributed by atoms with Crippen molar-refractivity contribution in [3.05, 3.63) is 86.7 Å². The maximum absolute atomic E-state index is 14.5. The van der Waals surface area contributed by atoms with Gasteiger partial charge in [-0.3, -0.25) is 9.63 Å². The summed E-state index contributed by atoms with van der Waals surface area (Å²) in [5, 5.41) is 5.77. The SMILES string of the molecule is Cc1cc(I)ccc1Nc1c(C(=O)NOCCNc2ccccc2)cc(F)c(F)c1F. The summed E-state index contributed by atoms with van der Waals surface area (Å²) < 4.78 is 43.1. The van der Waals surface area contributed by atoms with Crippen LogP contribution in [0.5, 0.6) is 0 Å². The van der Waals surface area contributed by atoms with Crippen molar-refractivity contribution in [3.63, 3.8) is 0 Å². The lowest BCUT2D eigenvalue weighted by molar-refractivity contribution is 0.0352. The summed E-state index contributed by atoms with van der Waals surface area (Å²) in [4.78, 5) is 17.6. The molecule has 3 rings (SSSR count). The lowest BCUT2D eigenvalue weighted by Crippen LogP contribution is -2.27. The van der Waals surface area contributed by atoms with Crippen molar-refractivity contribution in [2.45, 2.75) is 6.92 Å². The molecular weight excluding hydrogens is 522 g/mol. The summed E-state index contributed by atoms with van der Waals surface area (Å²) >= 11 is 2.12. The second-order valence-electron chi connectivity index (χ2n) is 6.57. The number of rotatable bonds is 8. The van der Waals surface area contributed by atoms with Crippen molar-refractivity contribution in [2.75, 3.05) is 23.8 Å². The van der Waals surface area contributed by atoms with Crippen molar-refractivity contribution in [1.29, 1.82) is 0 Å². The van der Waals surface area contributed by atoms with E-state index < -0.39 is 34.6 Å². The first kappa shape index (κ1) is 22.9. The molecule has 0 atom stereocenters. The van der Waals surface area contributed by atoms with E-state index in [-0.39, 0.29) is 6.61 Å². The molecule has 5 nitrogen and oxygen atoms in total. The molecule has 0 unspecified atom stereocenters. The van der Waals surface area contributed by atoms with Gasteiger partial charge < -0.3 is 10.6 Å². The Kier molecular flexibility index (Phi) is 7.75. The van der Waals surface area contributed by atoms with Crippen molar-refractivity contribution in [1.82, 2.24) is 5.48 Å². The first-order valence-corrected chi connectivity index (χ1v) is 10.4. The largest absolute Gasteiger partial charge is 0.383 e. The smallest absolute Gasteiger partial charge is 0.277 e. The normalized spacial score (nSPS) is 10.6. The zero-order chi connectivity index (χ0) is 22.4. The van der Waals surface area contributed by atoms with Gasteiger partial charge in [0.1, 0.15) is 0 Å². The van der Waals surface area contributed by atoms with Crippen LogP contribution in [0.25, 0.3) is 0 Å². The molecule has 0 aromatic heterocycles. The lowest BCUT2D eigenvalue weighted by Gasteiger charge is -2.16. The van der Waals surface area contributed by atoms with Crippen LogP contribution in [0.15, 0.2) is 54.6 Å². The van der Waals surface area contributed by atoms with Crippen LogP contribution in [0, 0.1) is 27.9 Å². The quantitative estimate of drug-likeness (QED) is 0.152. The second-order valence-corrected chi connectivity index (χ2v) is 7.81. The number of hydrogen-bond acceptors (Lipinski definition) is 4. The monoisotopic (exact) mass is 541 g/mol. The molecule has 0 bridgehead atoms. The Morgan fingerprint density at radius 1 is 1.03 bits per heavy atom. The van der Waals surface area contributed by atoms with Gasteiger partial charge in [0.05, 0.1) is 17.9 Å². The van der Waals surface area contributed by atoms with Crippen molar-refractivity contribution < 1.29 is 22.8 Å². The number of hydrogen-bond donors (Lipinski definition) is 3. The van der Waals surface area contributed by atoms with Gasteiger partial charge in [0.25, 0.3) is 5.91 Å². The molecule has 3 N–H and O–H groups in total. The molecule has 0 saturated heterocycles. The topological polar surface area (TPSA) is 62.4 Å². The second kappa shape index (κ2) is 10.5. The maximum Gasteiger partial charge on any atom is 0.277 e. The number of halogens is 4. The zero-order valence-corrected chi connectivity index (χ0v) is 18.6. The van der Waals surface area contributed by atoms with Crippen molar-refractivity contribution >= 4 is 45.6 Å². The van der Waals surface area contributed by atoms with Crippen LogP contribution in [-0.4, -0.2) is 19.1 Å². The predicted octanol–water partition coefficient (Wildman–Crippen LogP) is 5.53. The highest BCUT2D eigenvalue weighted by atomic mass is 127. The fourth-order valence-electron chi connectivity index (χ4n) is 2.77. The van der Waals surface area contributed by atoms with Gasteiger partial charge in [-0.25, -0.2) is 18.7 Å². The van der Waals surface area contributed by atoms with Gasteiger partial charge in [-0.1, -0.05) is 18.2 Å². The molecule has 0 aliphatic carbocycles. The highest BCUT2D eigenvalue weighted by Gasteiger charge is 2.23. The minimum atomic E-state index is -1.67. The maximum atomic E-state index is 14.5. The fraction of sp³-hybridized carbons (Fsp3) is 0.136. The van der Waals surface area contributed by atoms with E-state index in [0.717, 1.165) is 14.8 Å². The van der Waals surface area contributed by atoms with Crippen LogP contribution >= 0.6 is 22.6 Å². The Morgan fingerprint density at radius 3 is 2.48 bits per heavy atom. The van der Waals surface area contributed by atoms with Gasteiger partial charge in [-0.05, 0) is 71.5 Å². The number of carbonyl (C=O) groups is 1. The molecule has 9 heteroatoms. The van der Waals surface area contributed by atoms with Crippen LogP contribution in [0.3, 0.4) is 0 Å². The lowest BCUT2D eigenvalue weighted by atomic mass is 10.1. The Bertz CT molecular complexity index is 1080. The summed E-state index contributed by atoms with van der Waals surface area (Å²) in [6.07, 6.45) is 0. The molecule has 0 radical (unpaired) electrons. The summed E-state index contributed by atoms with van der Waals surface area (Å²) in [6, 6.07) is 15.2. The van der Waals surface area contributed by atoms with E-state index in [1.807, 2.05) is 36.4 Å². The van der Waals surface area contributed by atoms with Gasteiger partial charge in [-0.15, -0.1) is 0 Å². The molecule has 31 heavy (non-hydrogen) atoms. The molecule has 0 fully saturated rings. The number of nitrogens with one attached hydrogen (secondary N) is 3. The predicted molar refractivity (Wildman–Crippen MR) is 122 cm³/mol. The number of para-hydroxylation sites is 1. The highest BCUT2D eigenvalue weighted by molar-refractivity contribution is 14.1. The van der Waals surface area contributed by atoms with E-state index in [9.17, 15) is 18.0 Å². The Balaban J connectivity index is 1.71.